The van der Waals surface area contributed by atoms with Crippen LogP contribution in [0.3, 0.4) is 0 Å². The molecule has 0 saturated carbocycles. The molecular weight excluding hydrogens is 408 g/mol. The second-order valence-electron chi connectivity index (χ2n) is 7.77. The summed E-state index contributed by atoms with van der Waals surface area (Å²) in [5.74, 6) is 1.30. The molecule has 0 aliphatic carbocycles. The molecule has 2 aromatic rings. The Morgan fingerprint density at radius 2 is 2.23 bits per heavy atom. The van der Waals surface area contributed by atoms with Gasteiger partial charge in [-0.1, -0.05) is 29.7 Å². The Bertz CT molecular complexity index is 887. The van der Waals surface area contributed by atoms with Crippen LogP contribution in [0.25, 0.3) is 0 Å². The van der Waals surface area contributed by atoms with Gasteiger partial charge >= 0.3 is 0 Å². The number of ether oxygens (including phenoxy) is 1. The summed E-state index contributed by atoms with van der Waals surface area (Å²) in [6.07, 6.45) is 3.03. The smallest absolute Gasteiger partial charge is 0.227 e. The number of carbonyl (C=O) groups is 2. The van der Waals surface area contributed by atoms with Crippen molar-refractivity contribution in [3.05, 3.63) is 41.0 Å². The molecule has 1 saturated heterocycles. The van der Waals surface area contributed by atoms with E-state index >= 15 is 0 Å². The van der Waals surface area contributed by atoms with Crippen molar-refractivity contribution in [1.29, 1.82) is 0 Å². The zero-order chi connectivity index (χ0) is 21.6. The van der Waals surface area contributed by atoms with E-state index in [-0.39, 0.29) is 25.4 Å². The molecule has 9 heteroatoms. The predicted molar refractivity (Wildman–Crippen MR) is 111 cm³/mol. The number of aryl methyl sites for hydroxylation is 2. The van der Waals surface area contributed by atoms with Gasteiger partial charge in [-0.15, -0.1) is 0 Å². The van der Waals surface area contributed by atoms with E-state index in [1.165, 1.54) is 0 Å². The molecule has 1 atom stereocenters. The van der Waals surface area contributed by atoms with Gasteiger partial charge in [0.25, 0.3) is 0 Å². The van der Waals surface area contributed by atoms with Crippen molar-refractivity contribution >= 4 is 23.4 Å². The molecule has 0 bridgehead atoms. The molecule has 0 spiro atoms. The fraction of sp³-hybridized carbons (Fsp3) is 0.524. The van der Waals surface area contributed by atoms with Gasteiger partial charge in [0.2, 0.25) is 17.7 Å². The molecule has 1 aromatic heterocycles. The van der Waals surface area contributed by atoms with Crippen molar-refractivity contribution in [3.63, 3.8) is 0 Å². The van der Waals surface area contributed by atoms with Gasteiger partial charge in [-0.25, -0.2) is 0 Å². The number of carbonyl (C=O) groups excluding carboxylic acids is 2. The Balaban J connectivity index is 1.63. The minimum Gasteiger partial charge on any atom is -0.493 e. The van der Waals surface area contributed by atoms with Crippen LogP contribution in [-0.2, 0) is 22.4 Å². The summed E-state index contributed by atoms with van der Waals surface area (Å²) in [6.45, 7) is 3.28. The number of rotatable bonds is 9. The number of halogens is 1. The van der Waals surface area contributed by atoms with Crippen molar-refractivity contribution in [2.75, 3.05) is 19.7 Å². The zero-order valence-corrected chi connectivity index (χ0v) is 17.9. The fourth-order valence-corrected chi connectivity index (χ4v) is 3.98. The topological polar surface area (TPSA) is 112 Å². The third-order valence-corrected chi connectivity index (χ3v) is 5.52. The average Bonchev–Trinajstić information content (AvgIpc) is 3.18. The third-order valence-electron chi connectivity index (χ3n) is 5.28. The highest BCUT2D eigenvalue weighted by Crippen LogP contribution is 2.35. The van der Waals surface area contributed by atoms with Gasteiger partial charge in [0.1, 0.15) is 5.75 Å². The quantitative estimate of drug-likeness (QED) is 0.649. The number of benzene rings is 1. The number of hydrogen-bond acceptors (Lipinski definition) is 6. The van der Waals surface area contributed by atoms with Crippen LogP contribution in [0.4, 0.5) is 0 Å². The Labute approximate surface area is 180 Å². The van der Waals surface area contributed by atoms with Crippen LogP contribution in [0.15, 0.2) is 28.8 Å². The van der Waals surface area contributed by atoms with Gasteiger partial charge in [0, 0.05) is 49.2 Å². The number of hydrogen-bond donors (Lipinski definition) is 1. The molecule has 162 valence electrons. The maximum atomic E-state index is 12.8. The highest BCUT2D eigenvalue weighted by molar-refractivity contribution is 6.30. The first-order valence-corrected chi connectivity index (χ1v) is 10.5. The summed E-state index contributed by atoms with van der Waals surface area (Å²) in [6, 6.07) is 7.10. The standard InChI is InChI=1S/C21H27ClN4O4/c1-2-18-24-19(30-25-18)7-8-20(28)26-10-4-9-21(13-26,12-17(23)27)14-29-16-6-3-5-15(22)11-16/h3,5-6,11H,2,4,7-10,12-14H2,1H3,(H2,23,27)/t21-/m0/s1. The Kier molecular flexibility index (Phi) is 7.31. The van der Waals surface area contributed by atoms with E-state index < -0.39 is 11.3 Å². The van der Waals surface area contributed by atoms with Gasteiger partial charge < -0.3 is 19.9 Å². The van der Waals surface area contributed by atoms with E-state index in [2.05, 4.69) is 10.1 Å². The Morgan fingerprint density at radius 1 is 1.40 bits per heavy atom. The van der Waals surface area contributed by atoms with E-state index in [1.54, 1.807) is 23.1 Å². The lowest BCUT2D eigenvalue weighted by atomic mass is 9.77. The first-order valence-electron chi connectivity index (χ1n) is 10.1. The van der Waals surface area contributed by atoms with Gasteiger partial charge in [0.05, 0.1) is 6.61 Å². The summed E-state index contributed by atoms with van der Waals surface area (Å²) in [5.41, 5.74) is 5.00. The van der Waals surface area contributed by atoms with E-state index in [0.29, 0.717) is 48.4 Å². The molecular formula is C21H27ClN4O4. The van der Waals surface area contributed by atoms with E-state index in [1.807, 2.05) is 13.0 Å². The molecule has 2 heterocycles. The van der Waals surface area contributed by atoms with Crippen molar-refractivity contribution in [3.8, 4) is 5.75 Å². The molecule has 1 aromatic carbocycles. The van der Waals surface area contributed by atoms with Crippen LogP contribution >= 0.6 is 11.6 Å². The summed E-state index contributed by atoms with van der Waals surface area (Å²) in [7, 11) is 0. The highest BCUT2D eigenvalue weighted by atomic mass is 35.5. The average molecular weight is 435 g/mol. The fourth-order valence-electron chi connectivity index (χ4n) is 3.80. The number of piperidine rings is 1. The van der Waals surface area contributed by atoms with Crippen LogP contribution in [0.2, 0.25) is 5.02 Å². The SMILES string of the molecule is CCc1noc(CCC(=O)N2CCC[C@](COc3cccc(Cl)c3)(CC(N)=O)C2)n1. The maximum Gasteiger partial charge on any atom is 0.227 e. The number of nitrogens with zero attached hydrogens (tertiary/aromatic N) is 3. The largest absolute Gasteiger partial charge is 0.493 e. The third kappa shape index (κ3) is 5.95. The van der Waals surface area contributed by atoms with Crippen molar-refractivity contribution in [1.82, 2.24) is 15.0 Å². The van der Waals surface area contributed by atoms with E-state index in [4.69, 9.17) is 26.6 Å². The van der Waals surface area contributed by atoms with Crippen LogP contribution in [-0.4, -0.2) is 46.6 Å². The van der Waals surface area contributed by atoms with Crippen molar-refractivity contribution < 1.29 is 18.8 Å². The molecule has 30 heavy (non-hydrogen) atoms. The highest BCUT2D eigenvalue weighted by Gasteiger charge is 2.39. The van der Waals surface area contributed by atoms with E-state index in [9.17, 15) is 9.59 Å². The Morgan fingerprint density at radius 3 is 2.93 bits per heavy atom. The number of amides is 2. The molecule has 2 amide bonds. The van der Waals surface area contributed by atoms with Crippen LogP contribution in [0, 0.1) is 5.41 Å². The van der Waals surface area contributed by atoms with Crippen molar-refractivity contribution in [2.45, 2.75) is 45.4 Å². The maximum absolute atomic E-state index is 12.8. The normalized spacial score (nSPS) is 18.9. The number of likely N-dealkylation sites (tertiary alicyclic amines) is 1. The molecule has 3 rings (SSSR count). The van der Waals surface area contributed by atoms with Crippen LogP contribution < -0.4 is 10.5 Å². The zero-order valence-electron chi connectivity index (χ0n) is 17.1. The lowest BCUT2D eigenvalue weighted by molar-refractivity contribution is -0.137. The Hall–Kier alpha value is -2.61. The van der Waals surface area contributed by atoms with Gasteiger partial charge in [-0.3, -0.25) is 9.59 Å². The minimum atomic E-state index is -0.526. The summed E-state index contributed by atoms with van der Waals surface area (Å²) in [4.78, 5) is 30.6. The molecule has 0 radical (unpaired) electrons. The second-order valence-corrected chi connectivity index (χ2v) is 8.20. The number of primary amides is 1. The summed E-state index contributed by atoms with van der Waals surface area (Å²) in [5, 5.41) is 4.43. The first-order chi connectivity index (χ1) is 14.4. The number of nitrogens with two attached hydrogens (primary N) is 1. The molecule has 0 unspecified atom stereocenters. The van der Waals surface area contributed by atoms with Gasteiger partial charge in [-0.2, -0.15) is 4.98 Å². The van der Waals surface area contributed by atoms with Crippen molar-refractivity contribution in [2.24, 2.45) is 11.1 Å². The molecule has 1 aliphatic heterocycles. The predicted octanol–water partition coefficient (Wildman–Crippen LogP) is 2.78. The molecule has 8 nitrogen and oxygen atoms in total. The molecule has 1 fully saturated rings. The van der Waals surface area contributed by atoms with Gasteiger partial charge in [-0.05, 0) is 31.0 Å². The molecule has 2 N–H and O–H groups in total. The lowest BCUT2D eigenvalue weighted by Gasteiger charge is -2.42. The van der Waals surface area contributed by atoms with E-state index in [0.717, 1.165) is 12.8 Å². The van der Waals surface area contributed by atoms with Crippen LogP contribution in [0.5, 0.6) is 5.75 Å². The summed E-state index contributed by atoms with van der Waals surface area (Å²) >= 11 is 6.02. The lowest BCUT2D eigenvalue weighted by Crippen LogP contribution is -2.50. The monoisotopic (exact) mass is 434 g/mol. The van der Waals surface area contributed by atoms with Gasteiger partial charge in [0.15, 0.2) is 5.82 Å². The minimum absolute atomic E-state index is 0.0115. The molecule has 1 aliphatic rings. The first kappa shape index (κ1) is 22.1. The van der Waals surface area contributed by atoms with Crippen LogP contribution in [0.1, 0.15) is 44.3 Å². The summed E-state index contributed by atoms with van der Waals surface area (Å²) < 4.78 is 11.1. The second kappa shape index (κ2) is 9.93. The number of aromatic nitrogens is 2.